The number of sulfone groups is 1. The molecular weight excluding hydrogens is 496 g/mol. The highest BCUT2D eigenvalue weighted by Gasteiger charge is 2.35. The van der Waals surface area contributed by atoms with Gasteiger partial charge in [0.2, 0.25) is 0 Å². The highest BCUT2D eigenvalue weighted by atomic mass is 35.5. The second-order valence-corrected chi connectivity index (χ2v) is 10.5. The number of alkyl halides is 3. The molecule has 0 spiro atoms. The van der Waals surface area contributed by atoms with E-state index in [-0.39, 0.29) is 28.6 Å². The number of rotatable bonds is 7. The first-order valence-electron chi connectivity index (χ1n) is 10.2. The van der Waals surface area contributed by atoms with Crippen LogP contribution in [0.1, 0.15) is 29.4 Å². The van der Waals surface area contributed by atoms with Crippen LogP contribution in [0.25, 0.3) is 5.69 Å². The van der Waals surface area contributed by atoms with Crippen LogP contribution in [0, 0.1) is 12.7 Å². The number of hydrogen-bond acceptors (Lipinski definition) is 4. The molecule has 3 aromatic rings. The smallest absolute Gasteiger partial charge is 0.393 e. The molecule has 2 aromatic carbocycles. The van der Waals surface area contributed by atoms with Crippen molar-refractivity contribution in [3.8, 4) is 5.69 Å². The molecule has 11 heteroatoms. The van der Waals surface area contributed by atoms with Gasteiger partial charge in [0.15, 0.2) is 9.84 Å². The molecule has 5 nitrogen and oxygen atoms in total. The molecule has 3 rings (SSSR count). The Morgan fingerprint density at radius 3 is 2.38 bits per heavy atom. The normalized spacial score (nSPS) is 13.2. The largest absolute Gasteiger partial charge is 0.418 e. The fourth-order valence-corrected chi connectivity index (χ4v) is 5.06. The molecular formula is C23H23ClF4N2O3S. The van der Waals surface area contributed by atoms with Gasteiger partial charge in [0, 0.05) is 36.3 Å². The standard InChI is InChI=1S/C23H23ClF4N2O3S/c1-13(31)8-18-9-15(12-29-17-5-7-22(20(24)11-17)34(3,32)33)14(2)30(18)21-6-4-16(25)10-19(21)23(26,27)28/h4-7,9-11,13,29,31H,8,12H2,1-3H3. The zero-order chi connectivity index (χ0) is 25.4. The predicted molar refractivity (Wildman–Crippen MR) is 123 cm³/mol. The number of aliphatic hydroxyl groups is 1. The summed E-state index contributed by atoms with van der Waals surface area (Å²) < 4.78 is 79.5. The average Bonchev–Trinajstić information content (AvgIpc) is 2.99. The van der Waals surface area contributed by atoms with E-state index in [1.165, 1.54) is 29.7 Å². The average molecular weight is 519 g/mol. The van der Waals surface area contributed by atoms with Crippen molar-refractivity contribution in [2.45, 2.75) is 44.0 Å². The van der Waals surface area contributed by atoms with Gasteiger partial charge in [-0.05, 0) is 61.9 Å². The number of nitrogens with zero attached hydrogens (tertiary/aromatic N) is 1. The number of aliphatic hydroxyl groups excluding tert-OH is 1. The van der Waals surface area contributed by atoms with Gasteiger partial charge in [-0.25, -0.2) is 12.8 Å². The number of aromatic nitrogens is 1. The van der Waals surface area contributed by atoms with Crippen molar-refractivity contribution in [2.24, 2.45) is 0 Å². The van der Waals surface area contributed by atoms with Gasteiger partial charge in [-0.2, -0.15) is 13.2 Å². The van der Waals surface area contributed by atoms with Crippen molar-refractivity contribution in [3.05, 3.63) is 75.8 Å². The van der Waals surface area contributed by atoms with Crippen LogP contribution < -0.4 is 5.32 Å². The third-order valence-electron chi connectivity index (χ3n) is 5.25. The van der Waals surface area contributed by atoms with Gasteiger partial charge < -0.3 is 15.0 Å². The van der Waals surface area contributed by atoms with Crippen LogP contribution in [-0.4, -0.2) is 30.5 Å². The minimum absolute atomic E-state index is 0.0164. The number of halogens is 5. The van der Waals surface area contributed by atoms with Gasteiger partial charge in [-0.3, -0.25) is 0 Å². The molecule has 2 N–H and O–H groups in total. The topological polar surface area (TPSA) is 71.3 Å². The van der Waals surface area contributed by atoms with Crippen LogP contribution in [0.2, 0.25) is 5.02 Å². The third-order valence-corrected chi connectivity index (χ3v) is 6.83. The molecule has 0 saturated carbocycles. The van der Waals surface area contributed by atoms with E-state index >= 15 is 0 Å². The molecule has 1 atom stereocenters. The van der Waals surface area contributed by atoms with E-state index < -0.39 is 33.5 Å². The Hall–Kier alpha value is -2.56. The van der Waals surface area contributed by atoms with Crippen molar-refractivity contribution in [1.82, 2.24) is 4.57 Å². The van der Waals surface area contributed by atoms with Crippen LogP contribution in [0.4, 0.5) is 23.2 Å². The molecule has 34 heavy (non-hydrogen) atoms. The summed E-state index contributed by atoms with van der Waals surface area (Å²) in [6.07, 6.45) is -4.50. The zero-order valence-electron chi connectivity index (χ0n) is 18.5. The van der Waals surface area contributed by atoms with Crippen LogP contribution in [0.3, 0.4) is 0 Å². The van der Waals surface area contributed by atoms with Crippen LogP contribution in [0.5, 0.6) is 0 Å². The second kappa shape index (κ2) is 9.59. The number of nitrogens with one attached hydrogen (secondary N) is 1. The predicted octanol–water partition coefficient (Wildman–Crippen LogP) is 5.54. The molecule has 0 radical (unpaired) electrons. The Morgan fingerprint density at radius 2 is 1.82 bits per heavy atom. The Balaban J connectivity index is 2.02. The summed E-state index contributed by atoms with van der Waals surface area (Å²) in [7, 11) is -3.49. The molecule has 1 heterocycles. The maximum absolute atomic E-state index is 13.7. The summed E-state index contributed by atoms with van der Waals surface area (Å²) >= 11 is 6.08. The minimum atomic E-state index is -4.78. The fourth-order valence-electron chi connectivity index (χ4n) is 3.74. The first-order chi connectivity index (χ1) is 15.7. The fraction of sp³-hybridized carbons (Fsp3) is 0.304. The summed E-state index contributed by atoms with van der Waals surface area (Å²) in [4.78, 5) is -0.0164. The SMILES string of the molecule is Cc1c(CNc2ccc(S(C)(=O)=O)c(Cl)c2)cc(CC(C)O)n1-c1ccc(F)cc1C(F)(F)F. The molecule has 0 amide bonds. The van der Waals surface area contributed by atoms with Crippen molar-refractivity contribution >= 4 is 27.1 Å². The van der Waals surface area contributed by atoms with Crippen LogP contribution >= 0.6 is 11.6 Å². The maximum Gasteiger partial charge on any atom is 0.418 e. The van der Waals surface area contributed by atoms with Gasteiger partial charge in [0.05, 0.1) is 27.3 Å². The Kier molecular flexibility index (Phi) is 7.35. The Morgan fingerprint density at radius 1 is 1.15 bits per heavy atom. The molecule has 0 aliphatic heterocycles. The van der Waals surface area contributed by atoms with Gasteiger partial charge in [0.25, 0.3) is 0 Å². The van der Waals surface area contributed by atoms with Crippen LogP contribution in [-0.2, 0) is 29.0 Å². The molecule has 184 valence electrons. The van der Waals surface area contributed by atoms with E-state index in [1.54, 1.807) is 13.0 Å². The molecule has 1 unspecified atom stereocenters. The van der Waals surface area contributed by atoms with E-state index in [0.717, 1.165) is 18.4 Å². The second-order valence-electron chi connectivity index (χ2n) is 8.07. The van der Waals surface area contributed by atoms with E-state index in [0.29, 0.717) is 28.7 Å². The Labute approximate surface area is 199 Å². The lowest BCUT2D eigenvalue weighted by Crippen LogP contribution is -2.15. The highest BCUT2D eigenvalue weighted by Crippen LogP contribution is 2.36. The molecule has 1 aromatic heterocycles. The van der Waals surface area contributed by atoms with Gasteiger partial charge in [-0.15, -0.1) is 0 Å². The molecule has 0 aliphatic rings. The maximum atomic E-state index is 13.7. The quantitative estimate of drug-likeness (QED) is 0.403. The third kappa shape index (κ3) is 5.73. The molecule has 0 fully saturated rings. The summed E-state index contributed by atoms with van der Waals surface area (Å²) in [5.74, 6) is -1.01. The van der Waals surface area contributed by atoms with E-state index in [9.17, 15) is 31.1 Å². The van der Waals surface area contributed by atoms with Crippen molar-refractivity contribution in [3.63, 3.8) is 0 Å². The van der Waals surface area contributed by atoms with Gasteiger partial charge in [-0.1, -0.05) is 11.6 Å². The van der Waals surface area contributed by atoms with Crippen LogP contribution in [0.15, 0.2) is 47.4 Å². The number of hydrogen-bond donors (Lipinski definition) is 2. The van der Waals surface area contributed by atoms with Crippen molar-refractivity contribution in [1.29, 1.82) is 0 Å². The van der Waals surface area contributed by atoms with Crippen molar-refractivity contribution in [2.75, 3.05) is 11.6 Å². The van der Waals surface area contributed by atoms with Crippen molar-refractivity contribution < 1.29 is 31.1 Å². The highest BCUT2D eigenvalue weighted by molar-refractivity contribution is 7.90. The van der Waals surface area contributed by atoms with Gasteiger partial charge in [0.1, 0.15) is 5.82 Å². The van der Waals surface area contributed by atoms with E-state index in [1.807, 2.05) is 0 Å². The summed E-state index contributed by atoms with van der Waals surface area (Å²) in [6.45, 7) is 3.33. The first-order valence-corrected chi connectivity index (χ1v) is 12.4. The lowest BCUT2D eigenvalue weighted by atomic mass is 10.1. The molecule has 0 saturated heterocycles. The summed E-state index contributed by atoms with van der Waals surface area (Å²) in [5.41, 5.74) is 0.677. The first kappa shape index (κ1) is 26.1. The van der Waals surface area contributed by atoms with E-state index in [2.05, 4.69) is 5.32 Å². The summed E-state index contributed by atoms with van der Waals surface area (Å²) in [5, 5.41) is 13.0. The molecule has 0 aliphatic carbocycles. The van der Waals surface area contributed by atoms with Gasteiger partial charge >= 0.3 is 6.18 Å². The lowest BCUT2D eigenvalue weighted by molar-refractivity contribution is -0.137. The number of anilines is 1. The molecule has 0 bridgehead atoms. The minimum Gasteiger partial charge on any atom is -0.393 e. The van der Waals surface area contributed by atoms with E-state index in [4.69, 9.17) is 11.6 Å². The summed E-state index contributed by atoms with van der Waals surface area (Å²) in [6, 6.07) is 8.49. The monoisotopic (exact) mass is 518 g/mol. The number of benzene rings is 2. The zero-order valence-corrected chi connectivity index (χ0v) is 20.1. The lowest BCUT2D eigenvalue weighted by Gasteiger charge is -2.19. The Bertz CT molecular complexity index is 1320.